The predicted octanol–water partition coefficient (Wildman–Crippen LogP) is 4.46. The summed E-state index contributed by atoms with van der Waals surface area (Å²) in [6, 6.07) is 11.5. The van der Waals surface area contributed by atoms with Gasteiger partial charge in [-0.25, -0.2) is 0 Å². The fraction of sp³-hybridized carbons (Fsp3) is 0.286. The highest BCUT2D eigenvalue weighted by atomic mass is 79.9. The van der Waals surface area contributed by atoms with Gasteiger partial charge < -0.3 is 4.90 Å². The first-order valence-corrected chi connectivity index (χ1v) is 7.49. The summed E-state index contributed by atoms with van der Waals surface area (Å²) in [5.41, 5.74) is 2.88. The van der Waals surface area contributed by atoms with E-state index in [0.29, 0.717) is 6.04 Å². The van der Waals surface area contributed by atoms with E-state index in [4.69, 9.17) is 0 Å². The lowest BCUT2D eigenvalue weighted by atomic mass is 10.1. The fourth-order valence-electron chi connectivity index (χ4n) is 2.46. The SMILES string of the molecule is CC1Cc2ccccc2N1Cc1sccc1Br. The number of para-hydroxylation sites is 1. The number of nitrogens with zero attached hydrogens (tertiary/aromatic N) is 1. The molecule has 88 valence electrons. The van der Waals surface area contributed by atoms with Crippen molar-refractivity contribution in [2.45, 2.75) is 25.9 Å². The Morgan fingerprint density at radius 2 is 2.18 bits per heavy atom. The molecule has 0 fully saturated rings. The van der Waals surface area contributed by atoms with Crippen LogP contribution in [0, 0.1) is 0 Å². The van der Waals surface area contributed by atoms with E-state index in [1.165, 1.54) is 27.0 Å². The van der Waals surface area contributed by atoms with Crippen LogP contribution in [0.1, 0.15) is 17.4 Å². The summed E-state index contributed by atoms with van der Waals surface area (Å²) < 4.78 is 1.24. The van der Waals surface area contributed by atoms with Crippen LogP contribution in [0.2, 0.25) is 0 Å². The number of fused-ring (bicyclic) bond motifs is 1. The van der Waals surface area contributed by atoms with Crippen molar-refractivity contribution < 1.29 is 0 Å². The molecule has 0 radical (unpaired) electrons. The molecule has 0 aliphatic carbocycles. The number of benzene rings is 1. The van der Waals surface area contributed by atoms with Gasteiger partial charge in [0.05, 0.1) is 6.54 Å². The number of halogens is 1. The highest BCUT2D eigenvalue weighted by Gasteiger charge is 2.25. The lowest BCUT2D eigenvalue weighted by Crippen LogP contribution is -2.28. The predicted molar refractivity (Wildman–Crippen MR) is 77.8 cm³/mol. The molecule has 0 saturated heterocycles. The third kappa shape index (κ3) is 2.02. The van der Waals surface area contributed by atoms with Gasteiger partial charge in [0.1, 0.15) is 0 Å². The molecule has 1 nitrogen and oxygen atoms in total. The van der Waals surface area contributed by atoms with Crippen LogP contribution in [-0.2, 0) is 13.0 Å². The first-order valence-electron chi connectivity index (χ1n) is 5.82. The second-order valence-corrected chi connectivity index (χ2v) is 6.36. The minimum absolute atomic E-state index is 0.599. The van der Waals surface area contributed by atoms with Gasteiger partial charge in [-0.05, 0) is 52.4 Å². The van der Waals surface area contributed by atoms with Crippen molar-refractivity contribution in [2.75, 3.05) is 4.90 Å². The molecule has 2 heterocycles. The molecule has 0 amide bonds. The normalized spacial score (nSPS) is 18.5. The van der Waals surface area contributed by atoms with Crippen LogP contribution in [0.25, 0.3) is 0 Å². The molecule has 3 rings (SSSR count). The van der Waals surface area contributed by atoms with Crippen LogP contribution in [0.5, 0.6) is 0 Å². The molecule has 1 atom stereocenters. The van der Waals surface area contributed by atoms with Gasteiger partial charge in [0.25, 0.3) is 0 Å². The molecule has 1 aromatic heterocycles. The second-order valence-electron chi connectivity index (χ2n) is 4.50. The molecule has 2 aromatic rings. The summed E-state index contributed by atoms with van der Waals surface area (Å²) in [5.74, 6) is 0. The first kappa shape index (κ1) is 11.3. The second kappa shape index (κ2) is 4.46. The average molecular weight is 308 g/mol. The van der Waals surface area contributed by atoms with Gasteiger partial charge in [0, 0.05) is 21.1 Å². The Labute approximate surface area is 114 Å². The van der Waals surface area contributed by atoms with Gasteiger partial charge in [-0.1, -0.05) is 18.2 Å². The highest BCUT2D eigenvalue weighted by molar-refractivity contribution is 9.10. The van der Waals surface area contributed by atoms with E-state index in [9.17, 15) is 0 Å². The van der Waals surface area contributed by atoms with E-state index in [0.717, 1.165) is 6.54 Å². The van der Waals surface area contributed by atoms with E-state index in [1.54, 1.807) is 0 Å². The summed E-state index contributed by atoms with van der Waals surface area (Å²) in [5, 5.41) is 2.14. The maximum absolute atomic E-state index is 3.62. The molecule has 0 spiro atoms. The Hall–Kier alpha value is -0.800. The molecule has 1 aromatic carbocycles. The molecule has 0 bridgehead atoms. The topological polar surface area (TPSA) is 3.24 Å². The third-order valence-electron chi connectivity index (χ3n) is 3.35. The van der Waals surface area contributed by atoms with Crippen molar-refractivity contribution >= 4 is 33.0 Å². The molecule has 3 heteroatoms. The zero-order chi connectivity index (χ0) is 11.8. The zero-order valence-corrected chi connectivity index (χ0v) is 12.1. The smallest absolute Gasteiger partial charge is 0.0537 e. The molecule has 1 unspecified atom stereocenters. The van der Waals surface area contributed by atoms with Gasteiger partial charge in [-0.15, -0.1) is 11.3 Å². The molecule has 1 aliphatic rings. The molecule has 1 aliphatic heterocycles. The van der Waals surface area contributed by atoms with Crippen molar-refractivity contribution in [1.29, 1.82) is 0 Å². The van der Waals surface area contributed by atoms with Crippen LogP contribution in [-0.4, -0.2) is 6.04 Å². The van der Waals surface area contributed by atoms with Crippen molar-refractivity contribution in [3.8, 4) is 0 Å². The largest absolute Gasteiger partial charge is 0.363 e. The van der Waals surface area contributed by atoms with Gasteiger partial charge in [-0.2, -0.15) is 0 Å². The van der Waals surface area contributed by atoms with Crippen molar-refractivity contribution in [2.24, 2.45) is 0 Å². The quantitative estimate of drug-likeness (QED) is 0.791. The Bertz CT molecular complexity index is 535. The van der Waals surface area contributed by atoms with Crippen LogP contribution >= 0.6 is 27.3 Å². The summed E-state index contributed by atoms with van der Waals surface area (Å²) >= 11 is 5.44. The summed E-state index contributed by atoms with van der Waals surface area (Å²) in [7, 11) is 0. The fourth-order valence-corrected chi connectivity index (χ4v) is 3.94. The van der Waals surface area contributed by atoms with E-state index in [-0.39, 0.29) is 0 Å². The third-order valence-corrected chi connectivity index (χ3v) is 5.26. The van der Waals surface area contributed by atoms with Crippen molar-refractivity contribution in [3.63, 3.8) is 0 Å². The van der Waals surface area contributed by atoms with Crippen LogP contribution in [0.4, 0.5) is 5.69 Å². The Morgan fingerprint density at radius 3 is 2.94 bits per heavy atom. The molecular formula is C14H14BrNS. The van der Waals surface area contributed by atoms with Crippen LogP contribution in [0.15, 0.2) is 40.2 Å². The summed E-state index contributed by atoms with van der Waals surface area (Å²) in [4.78, 5) is 3.92. The first-order chi connectivity index (χ1) is 8.25. The number of hydrogen-bond acceptors (Lipinski definition) is 2. The Balaban J connectivity index is 1.91. The molecular weight excluding hydrogens is 294 g/mol. The zero-order valence-electron chi connectivity index (χ0n) is 9.69. The molecule has 17 heavy (non-hydrogen) atoms. The van der Waals surface area contributed by atoms with Crippen LogP contribution in [0.3, 0.4) is 0 Å². The minimum atomic E-state index is 0.599. The highest BCUT2D eigenvalue weighted by Crippen LogP contribution is 2.35. The van der Waals surface area contributed by atoms with E-state index < -0.39 is 0 Å². The minimum Gasteiger partial charge on any atom is -0.363 e. The van der Waals surface area contributed by atoms with Crippen LogP contribution < -0.4 is 4.90 Å². The van der Waals surface area contributed by atoms with Gasteiger partial charge >= 0.3 is 0 Å². The monoisotopic (exact) mass is 307 g/mol. The Kier molecular flexibility index (Phi) is 2.97. The number of anilines is 1. The number of hydrogen-bond donors (Lipinski definition) is 0. The standard InChI is InChI=1S/C14H14BrNS/c1-10-8-11-4-2-3-5-13(11)16(10)9-14-12(15)6-7-17-14/h2-7,10H,8-9H2,1H3. The van der Waals surface area contributed by atoms with Crippen molar-refractivity contribution in [1.82, 2.24) is 0 Å². The summed E-state index contributed by atoms with van der Waals surface area (Å²) in [6.07, 6.45) is 1.17. The maximum atomic E-state index is 3.62. The van der Waals surface area contributed by atoms with Gasteiger partial charge in [0.2, 0.25) is 0 Å². The van der Waals surface area contributed by atoms with Crippen molar-refractivity contribution in [3.05, 3.63) is 50.6 Å². The number of thiophene rings is 1. The molecule has 0 saturated carbocycles. The molecule has 0 N–H and O–H groups in total. The van der Waals surface area contributed by atoms with E-state index in [1.807, 2.05) is 11.3 Å². The van der Waals surface area contributed by atoms with E-state index in [2.05, 4.69) is 63.5 Å². The van der Waals surface area contributed by atoms with Gasteiger partial charge in [0.15, 0.2) is 0 Å². The maximum Gasteiger partial charge on any atom is 0.0537 e. The average Bonchev–Trinajstić information content (AvgIpc) is 2.85. The Morgan fingerprint density at radius 1 is 1.35 bits per heavy atom. The lowest BCUT2D eigenvalue weighted by molar-refractivity contribution is 0.675. The van der Waals surface area contributed by atoms with Gasteiger partial charge in [-0.3, -0.25) is 0 Å². The number of rotatable bonds is 2. The van der Waals surface area contributed by atoms with E-state index >= 15 is 0 Å². The summed E-state index contributed by atoms with van der Waals surface area (Å²) in [6.45, 7) is 3.32. The lowest BCUT2D eigenvalue weighted by Gasteiger charge is -2.24.